The molecular weight excluding hydrogens is 128 g/mol. The zero-order valence-corrected chi connectivity index (χ0v) is 6.55. The molecule has 0 bridgehead atoms. The molecule has 0 aromatic rings. The molecule has 0 aliphatic carbocycles. The Morgan fingerprint density at radius 1 is 1.50 bits per heavy atom. The van der Waals surface area contributed by atoms with Gasteiger partial charge in [0.1, 0.15) is 0 Å². The number of hydrogen-bond donors (Lipinski definition) is 0. The van der Waals surface area contributed by atoms with Crippen LogP contribution in [0.3, 0.4) is 0 Å². The van der Waals surface area contributed by atoms with Gasteiger partial charge >= 0.3 is 5.97 Å². The van der Waals surface area contributed by atoms with Crippen LogP contribution < -0.4 is 0 Å². The van der Waals surface area contributed by atoms with Gasteiger partial charge in [0.15, 0.2) is 0 Å². The summed E-state index contributed by atoms with van der Waals surface area (Å²) in [4.78, 5) is 10.7. The van der Waals surface area contributed by atoms with Crippen molar-refractivity contribution in [3.8, 4) is 0 Å². The SMILES string of the molecule is CC=C/C=C(/C)C(=O)OC. The van der Waals surface area contributed by atoms with E-state index in [1.807, 2.05) is 13.0 Å². The van der Waals surface area contributed by atoms with E-state index in [2.05, 4.69) is 4.74 Å². The third-order valence-corrected chi connectivity index (χ3v) is 1.05. The molecule has 0 atom stereocenters. The van der Waals surface area contributed by atoms with Gasteiger partial charge < -0.3 is 4.74 Å². The van der Waals surface area contributed by atoms with Crippen molar-refractivity contribution < 1.29 is 9.53 Å². The Morgan fingerprint density at radius 3 is 2.50 bits per heavy atom. The van der Waals surface area contributed by atoms with Crippen molar-refractivity contribution in [3.05, 3.63) is 23.8 Å². The maximum Gasteiger partial charge on any atom is 0.333 e. The zero-order chi connectivity index (χ0) is 7.98. The number of methoxy groups -OCH3 is 1. The van der Waals surface area contributed by atoms with E-state index in [0.29, 0.717) is 5.57 Å². The Morgan fingerprint density at radius 2 is 2.10 bits per heavy atom. The summed E-state index contributed by atoms with van der Waals surface area (Å²) in [6.07, 6.45) is 5.37. The van der Waals surface area contributed by atoms with Gasteiger partial charge in [-0.2, -0.15) is 0 Å². The summed E-state index contributed by atoms with van der Waals surface area (Å²) in [5.74, 6) is -0.280. The summed E-state index contributed by atoms with van der Waals surface area (Å²) in [5, 5.41) is 0. The first-order chi connectivity index (χ1) is 4.72. The van der Waals surface area contributed by atoms with E-state index in [1.165, 1.54) is 7.11 Å². The lowest BCUT2D eigenvalue weighted by Gasteiger charge is -1.94. The average Bonchev–Trinajstić information content (AvgIpc) is 1.98. The topological polar surface area (TPSA) is 26.3 Å². The minimum atomic E-state index is -0.280. The van der Waals surface area contributed by atoms with Crippen LogP contribution in [0.15, 0.2) is 23.8 Å². The third kappa shape index (κ3) is 3.07. The molecule has 0 aromatic heterocycles. The van der Waals surface area contributed by atoms with Gasteiger partial charge in [-0.3, -0.25) is 0 Å². The van der Waals surface area contributed by atoms with Crippen molar-refractivity contribution in [2.75, 3.05) is 7.11 Å². The first-order valence-electron chi connectivity index (χ1n) is 3.10. The van der Waals surface area contributed by atoms with Crippen LogP contribution in [0.1, 0.15) is 13.8 Å². The highest BCUT2D eigenvalue weighted by molar-refractivity contribution is 5.87. The molecule has 2 nitrogen and oxygen atoms in total. The molecule has 0 rings (SSSR count). The van der Waals surface area contributed by atoms with Crippen molar-refractivity contribution in [1.29, 1.82) is 0 Å². The van der Waals surface area contributed by atoms with Gasteiger partial charge in [-0.25, -0.2) is 4.79 Å². The molecule has 0 aliphatic rings. The van der Waals surface area contributed by atoms with Gasteiger partial charge in [0.25, 0.3) is 0 Å². The lowest BCUT2D eigenvalue weighted by atomic mass is 10.3. The largest absolute Gasteiger partial charge is 0.466 e. The summed E-state index contributed by atoms with van der Waals surface area (Å²) in [7, 11) is 1.37. The molecule has 0 radical (unpaired) electrons. The molecule has 0 spiro atoms. The van der Waals surface area contributed by atoms with Gasteiger partial charge in [-0.05, 0) is 13.8 Å². The highest BCUT2D eigenvalue weighted by Gasteiger charge is 1.99. The summed E-state index contributed by atoms with van der Waals surface area (Å²) in [6.45, 7) is 3.60. The fourth-order valence-electron chi connectivity index (χ4n) is 0.470. The Balaban J connectivity index is 4.05. The predicted octanol–water partition coefficient (Wildman–Crippen LogP) is 1.68. The molecule has 2 heteroatoms. The molecule has 0 saturated carbocycles. The van der Waals surface area contributed by atoms with E-state index in [1.54, 1.807) is 19.1 Å². The predicted molar refractivity (Wildman–Crippen MR) is 40.6 cm³/mol. The molecule has 0 heterocycles. The highest BCUT2D eigenvalue weighted by atomic mass is 16.5. The van der Waals surface area contributed by atoms with Crippen LogP contribution in [0.25, 0.3) is 0 Å². The maximum absolute atomic E-state index is 10.7. The molecular formula is C8H12O2. The van der Waals surface area contributed by atoms with E-state index in [-0.39, 0.29) is 5.97 Å². The van der Waals surface area contributed by atoms with Crippen LogP contribution in [0.2, 0.25) is 0 Å². The monoisotopic (exact) mass is 140 g/mol. The molecule has 0 unspecified atom stereocenters. The molecule has 0 amide bonds. The number of allylic oxidation sites excluding steroid dienone is 3. The minimum absolute atomic E-state index is 0.280. The average molecular weight is 140 g/mol. The van der Waals surface area contributed by atoms with Crippen molar-refractivity contribution in [1.82, 2.24) is 0 Å². The number of rotatable bonds is 2. The highest BCUT2D eigenvalue weighted by Crippen LogP contribution is 1.94. The van der Waals surface area contributed by atoms with E-state index < -0.39 is 0 Å². The van der Waals surface area contributed by atoms with Gasteiger partial charge in [0, 0.05) is 5.57 Å². The van der Waals surface area contributed by atoms with Crippen molar-refractivity contribution in [2.45, 2.75) is 13.8 Å². The van der Waals surface area contributed by atoms with Gasteiger partial charge in [-0.1, -0.05) is 18.2 Å². The fourth-order valence-corrected chi connectivity index (χ4v) is 0.470. The van der Waals surface area contributed by atoms with Crippen LogP contribution in [-0.2, 0) is 9.53 Å². The first kappa shape index (κ1) is 8.95. The number of hydrogen-bond acceptors (Lipinski definition) is 2. The van der Waals surface area contributed by atoms with E-state index in [0.717, 1.165) is 0 Å². The van der Waals surface area contributed by atoms with Gasteiger partial charge in [0.05, 0.1) is 7.11 Å². The lowest BCUT2D eigenvalue weighted by Crippen LogP contribution is -2.00. The maximum atomic E-state index is 10.7. The minimum Gasteiger partial charge on any atom is -0.466 e. The van der Waals surface area contributed by atoms with Crippen molar-refractivity contribution in [2.24, 2.45) is 0 Å². The summed E-state index contributed by atoms with van der Waals surface area (Å²) in [6, 6.07) is 0. The van der Waals surface area contributed by atoms with Gasteiger partial charge in [-0.15, -0.1) is 0 Å². The van der Waals surface area contributed by atoms with Gasteiger partial charge in [0.2, 0.25) is 0 Å². The fraction of sp³-hybridized carbons (Fsp3) is 0.375. The normalized spacial score (nSPS) is 12.1. The Kier molecular flexibility index (Phi) is 4.29. The van der Waals surface area contributed by atoms with Crippen LogP contribution in [0.4, 0.5) is 0 Å². The van der Waals surface area contributed by atoms with Crippen LogP contribution in [-0.4, -0.2) is 13.1 Å². The van der Waals surface area contributed by atoms with Crippen molar-refractivity contribution >= 4 is 5.97 Å². The van der Waals surface area contributed by atoms with Crippen LogP contribution in [0, 0.1) is 0 Å². The second-order valence-electron chi connectivity index (χ2n) is 1.87. The van der Waals surface area contributed by atoms with Crippen molar-refractivity contribution in [3.63, 3.8) is 0 Å². The summed E-state index contributed by atoms with van der Waals surface area (Å²) in [5.41, 5.74) is 0.612. The second kappa shape index (κ2) is 4.79. The molecule has 10 heavy (non-hydrogen) atoms. The Labute approximate surface area is 61.2 Å². The Bertz CT molecular complexity index is 166. The third-order valence-electron chi connectivity index (χ3n) is 1.05. The molecule has 56 valence electrons. The van der Waals surface area contributed by atoms with E-state index >= 15 is 0 Å². The van der Waals surface area contributed by atoms with E-state index in [9.17, 15) is 4.79 Å². The second-order valence-corrected chi connectivity index (χ2v) is 1.87. The zero-order valence-electron chi connectivity index (χ0n) is 6.55. The standard InChI is InChI=1S/C8H12O2/c1-4-5-6-7(2)8(9)10-3/h4-6H,1-3H3/b5-4?,7-6-. The van der Waals surface area contributed by atoms with E-state index in [4.69, 9.17) is 0 Å². The number of ether oxygens (including phenoxy) is 1. The van der Waals surface area contributed by atoms with Crippen LogP contribution >= 0.6 is 0 Å². The molecule has 0 aliphatic heterocycles. The first-order valence-corrected chi connectivity index (χ1v) is 3.10. The molecule has 0 fully saturated rings. The number of esters is 1. The molecule has 0 aromatic carbocycles. The van der Waals surface area contributed by atoms with Crippen LogP contribution in [0.5, 0.6) is 0 Å². The smallest absolute Gasteiger partial charge is 0.333 e. The molecule has 0 N–H and O–H groups in total. The Hall–Kier alpha value is -1.05. The quantitative estimate of drug-likeness (QED) is 0.331. The number of carbonyl (C=O) groups is 1. The number of carbonyl (C=O) groups excluding carboxylic acids is 1. The lowest BCUT2D eigenvalue weighted by molar-refractivity contribution is -0.136. The molecule has 0 saturated heterocycles. The summed E-state index contributed by atoms with van der Waals surface area (Å²) < 4.78 is 4.47. The summed E-state index contributed by atoms with van der Waals surface area (Å²) >= 11 is 0.